The lowest BCUT2D eigenvalue weighted by atomic mass is 9.54. The third-order valence-electron chi connectivity index (χ3n) is 8.04. The fourth-order valence-corrected chi connectivity index (χ4v) is 5.40. The second kappa shape index (κ2) is 14.2. The predicted octanol–water partition coefficient (Wildman–Crippen LogP) is 3.54. The number of aliphatic carboxylic acids is 2. The number of nitro groups is 1. The summed E-state index contributed by atoms with van der Waals surface area (Å²) in [6.45, 7) is 5.34. The van der Waals surface area contributed by atoms with E-state index in [4.69, 9.17) is 14.9 Å². The number of aliphatic hydroxyl groups excluding tert-OH is 1. The zero-order chi connectivity index (χ0) is 31.8. The number of hydrogen-bond donors (Lipinski definition) is 5. The number of ether oxygens (including phenoxy) is 2. The maximum absolute atomic E-state index is 12.7. The highest BCUT2D eigenvalue weighted by atomic mass is 16.6. The van der Waals surface area contributed by atoms with Gasteiger partial charge in [0.1, 0.15) is 29.6 Å². The van der Waals surface area contributed by atoms with Crippen molar-refractivity contribution in [1.82, 2.24) is 5.32 Å². The van der Waals surface area contributed by atoms with E-state index in [1.54, 1.807) is 12.1 Å². The number of carboxylic acid groups (broad SMARTS) is 2. The molecule has 0 aliphatic carbocycles. The lowest BCUT2D eigenvalue weighted by Gasteiger charge is -2.49. The van der Waals surface area contributed by atoms with Gasteiger partial charge in [-0.2, -0.15) is 0 Å². The van der Waals surface area contributed by atoms with Gasteiger partial charge in [-0.15, -0.1) is 0 Å². The summed E-state index contributed by atoms with van der Waals surface area (Å²) in [5.41, 5.74) is -4.25. The van der Waals surface area contributed by atoms with E-state index in [0.717, 1.165) is 12.3 Å². The number of nitrogens with one attached hydrogen (secondary N) is 2. The lowest BCUT2D eigenvalue weighted by molar-refractivity contribution is -0.385. The van der Waals surface area contributed by atoms with Gasteiger partial charge in [0.05, 0.1) is 28.7 Å². The number of carbonyl (C=O) groups is 2. The fourth-order valence-electron chi connectivity index (χ4n) is 5.40. The van der Waals surface area contributed by atoms with Gasteiger partial charge in [-0.25, -0.2) is 0 Å². The first-order chi connectivity index (χ1) is 20.4. The molecule has 0 saturated carbocycles. The summed E-state index contributed by atoms with van der Waals surface area (Å²) in [4.78, 5) is 40.7. The van der Waals surface area contributed by atoms with E-state index in [-0.39, 0.29) is 35.9 Å². The van der Waals surface area contributed by atoms with Crippen LogP contribution in [-0.2, 0) is 9.59 Å². The first-order valence-corrected chi connectivity index (χ1v) is 13.9. The summed E-state index contributed by atoms with van der Waals surface area (Å²) in [7, 11) is 0. The number of unbranched alkanes of at least 4 members (excludes halogenated alkanes) is 1. The zero-order valence-corrected chi connectivity index (χ0v) is 24.4. The minimum absolute atomic E-state index is 0.0461. The number of carboxylic acids is 2. The standard InChI is InChI=1S/C30H38N4O9/c1-19-29(2,27(36)37)26(30(3,28(38)39)25(16-31)33-19)23-15-20(34(40)41)11-12-24(23)42-14-8-7-13-32-17-21(35)18-43-22-9-5-4-6-10-22/h4-6,9-12,15-16,19,21,26,31-32,35H,7-8,13-14,17-18H2,1-3H3,(H,36,37)(H,38,39). The van der Waals surface area contributed by atoms with Gasteiger partial charge in [0, 0.05) is 36.4 Å². The van der Waals surface area contributed by atoms with E-state index >= 15 is 0 Å². The van der Waals surface area contributed by atoms with Crippen LogP contribution in [0, 0.1) is 26.4 Å². The van der Waals surface area contributed by atoms with E-state index in [1.165, 1.54) is 32.9 Å². The molecule has 5 unspecified atom stereocenters. The zero-order valence-electron chi connectivity index (χ0n) is 24.4. The van der Waals surface area contributed by atoms with Crippen LogP contribution in [0.25, 0.3) is 0 Å². The van der Waals surface area contributed by atoms with Crippen LogP contribution in [0.2, 0.25) is 0 Å². The van der Waals surface area contributed by atoms with Gasteiger partial charge in [0.25, 0.3) is 5.69 Å². The Morgan fingerprint density at radius 2 is 1.84 bits per heavy atom. The van der Waals surface area contributed by atoms with E-state index in [1.807, 2.05) is 18.2 Å². The van der Waals surface area contributed by atoms with Crippen molar-refractivity contribution in [3.8, 4) is 11.5 Å². The normalized spacial score (nSPS) is 24.0. The molecule has 2 aromatic carbocycles. The number of non-ortho nitro benzene ring substituents is 1. The Labute approximate surface area is 249 Å². The molecule has 13 nitrogen and oxygen atoms in total. The number of nitro benzene ring substituents is 1. The number of rotatable bonds is 16. The molecule has 13 heteroatoms. The highest BCUT2D eigenvalue weighted by Crippen LogP contribution is 2.56. The van der Waals surface area contributed by atoms with Gasteiger partial charge in [-0.3, -0.25) is 24.7 Å². The van der Waals surface area contributed by atoms with Crippen LogP contribution in [0.3, 0.4) is 0 Å². The first-order valence-electron chi connectivity index (χ1n) is 13.9. The SMILES string of the molecule is CC1N=C(C=N)C(C)(C(=O)O)C(c2cc([N+](=O)[O-])ccc2OCCCCNCC(O)COc2ccccc2)C1(C)C(=O)O. The monoisotopic (exact) mass is 598 g/mol. The second-order valence-corrected chi connectivity index (χ2v) is 10.9. The Kier molecular flexibility index (Phi) is 11.0. The third-order valence-corrected chi connectivity index (χ3v) is 8.04. The molecule has 3 rings (SSSR count). The van der Waals surface area contributed by atoms with Crippen molar-refractivity contribution in [1.29, 1.82) is 5.41 Å². The van der Waals surface area contributed by atoms with Crippen molar-refractivity contribution in [3.63, 3.8) is 0 Å². The van der Waals surface area contributed by atoms with Crippen molar-refractivity contribution in [3.05, 3.63) is 64.2 Å². The molecule has 1 aliphatic rings. The summed E-state index contributed by atoms with van der Waals surface area (Å²) < 4.78 is 11.5. The highest BCUT2D eigenvalue weighted by Gasteiger charge is 2.63. The molecule has 232 valence electrons. The molecule has 0 amide bonds. The van der Waals surface area contributed by atoms with Gasteiger partial charge in [0.2, 0.25) is 0 Å². The topological polar surface area (TPSA) is 205 Å². The molecule has 1 aliphatic heterocycles. The first kappa shape index (κ1) is 33.1. The second-order valence-electron chi connectivity index (χ2n) is 10.9. The average Bonchev–Trinajstić information content (AvgIpc) is 2.98. The number of nitrogens with zero attached hydrogens (tertiary/aromatic N) is 2. The molecule has 0 fully saturated rings. The molecular formula is C30H38N4O9. The number of para-hydroxylation sites is 1. The molecule has 5 atom stereocenters. The molecule has 5 N–H and O–H groups in total. The Morgan fingerprint density at radius 3 is 2.44 bits per heavy atom. The van der Waals surface area contributed by atoms with Crippen LogP contribution in [0.4, 0.5) is 5.69 Å². The van der Waals surface area contributed by atoms with Crippen LogP contribution in [-0.4, -0.2) is 82.6 Å². The Balaban J connectivity index is 1.74. The number of aliphatic imine (C=N–C) groups is 1. The lowest BCUT2D eigenvalue weighted by Crippen LogP contribution is -2.58. The Bertz CT molecular complexity index is 1350. The summed E-state index contributed by atoms with van der Waals surface area (Å²) in [5, 5.41) is 53.5. The van der Waals surface area contributed by atoms with Crippen LogP contribution in [0.15, 0.2) is 53.5 Å². The van der Waals surface area contributed by atoms with Crippen LogP contribution in [0.5, 0.6) is 11.5 Å². The van der Waals surface area contributed by atoms with Crippen molar-refractivity contribution in [2.45, 2.75) is 51.7 Å². The fraction of sp³-hybridized carbons (Fsp3) is 0.467. The number of benzene rings is 2. The Morgan fingerprint density at radius 1 is 1.14 bits per heavy atom. The van der Waals surface area contributed by atoms with E-state index in [0.29, 0.717) is 31.7 Å². The van der Waals surface area contributed by atoms with Crippen molar-refractivity contribution in [2.75, 3.05) is 26.3 Å². The van der Waals surface area contributed by atoms with E-state index < -0.39 is 45.8 Å². The van der Waals surface area contributed by atoms with E-state index in [2.05, 4.69) is 10.3 Å². The molecule has 0 bridgehead atoms. The molecule has 2 aromatic rings. The quantitative estimate of drug-likeness (QED) is 0.0822. The summed E-state index contributed by atoms with van der Waals surface area (Å²) >= 11 is 0. The van der Waals surface area contributed by atoms with E-state index in [9.17, 15) is 35.0 Å². The van der Waals surface area contributed by atoms with Gasteiger partial charge in [-0.1, -0.05) is 18.2 Å². The molecule has 0 saturated heterocycles. The smallest absolute Gasteiger partial charge is 0.316 e. The summed E-state index contributed by atoms with van der Waals surface area (Å²) in [6.07, 6.45) is 1.27. The maximum atomic E-state index is 12.7. The number of aliphatic hydroxyl groups is 1. The Hall–Kier alpha value is -4.36. The van der Waals surface area contributed by atoms with Crippen molar-refractivity contribution in [2.24, 2.45) is 15.8 Å². The minimum Gasteiger partial charge on any atom is -0.493 e. The van der Waals surface area contributed by atoms with Crippen molar-refractivity contribution >= 4 is 29.6 Å². The van der Waals surface area contributed by atoms with Crippen LogP contribution < -0.4 is 14.8 Å². The maximum Gasteiger partial charge on any atom is 0.316 e. The van der Waals surface area contributed by atoms with Crippen LogP contribution in [0.1, 0.15) is 45.1 Å². The molecular weight excluding hydrogens is 560 g/mol. The highest BCUT2D eigenvalue weighted by molar-refractivity contribution is 6.37. The van der Waals surface area contributed by atoms with Gasteiger partial charge in [-0.05, 0) is 58.4 Å². The molecule has 43 heavy (non-hydrogen) atoms. The van der Waals surface area contributed by atoms with Crippen molar-refractivity contribution < 1.29 is 39.3 Å². The third kappa shape index (κ3) is 7.17. The largest absolute Gasteiger partial charge is 0.493 e. The van der Waals surface area contributed by atoms with Crippen LogP contribution >= 0.6 is 0 Å². The molecule has 0 spiro atoms. The minimum atomic E-state index is -2.00. The predicted molar refractivity (Wildman–Crippen MR) is 159 cm³/mol. The number of hydrogen-bond acceptors (Lipinski definition) is 10. The van der Waals surface area contributed by atoms with Gasteiger partial charge < -0.3 is 35.5 Å². The summed E-state index contributed by atoms with van der Waals surface area (Å²) in [6, 6.07) is 11.9. The molecule has 1 heterocycles. The van der Waals surface area contributed by atoms with Gasteiger partial charge >= 0.3 is 11.9 Å². The van der Waals surface area contributed by atoms with Gasteiger partial charge in [0.15, 0.2) is 0 Å². The average molecular weight is 599 g/mol. The molecule has 0 radical (unpaired) electrons. The summed E-state index contributed by atoms with van der Waals surface area (Å²) in [5.74, 6) is -3.32. The molecule has 0 aromatic heterocycles.